The number of benzene rings is 2. The summed E-state index contributed by atoms with van der Waals surface area (Å²) < 4.78 is 36.6. The molecule has 0 aromatic heterocycles. The molecule has 0 bridgehead atoms. The molecule has 2 nitrogen and oxygen atoms in total. The summed E-state index contributed by atoms with van der Waals surface area (Å²) in [5, 5.41) is 0. The Hall–Kier alpha value is -1.94. The molecule has 2 aromatic rings. The molecule has 2 aromatic carbocycles. The van der Waals surface area contributed by atoms with Gasteiger partial charge in [0.05, 0.1) is 4.90 Å². The van der Waals surface area contributed by atoms with Gasteiger partial charge in [-0.25, -0.2) is 12.8 Å². The fourth-order valence-corrected chi connectivity index (χ4v) is 3.61. The molecular weight excluding hydrogens is 299 g/mol. The lowest BCUT2D eigenvalue weighted by molar-refractivity contribution is 0.602. The van der Waals surface area contributed by atoms with E-state index in [0.29, 0.717) is 4.90 Å². The van der Waals surface area contributed by atoms with Gasteiger partial charge in [0, 0.05) is 6.26 Å². The van der Waals surface area contributed by atoms with Gasteiger partial charge in [0.1, 0.15) is 5.82 Å². The maximum atomic E-state index is 13.1. The predicted molar refractivity (Wildman–Crippen MR) is 86.6 cm³/mol. The van der Waals surface area contributed by atoms with E-state index in [1.165, 1.54) is 24.0 Å². The molecule has 114 valence electrons. The standard InChI is InChI=1S/C18H17FO2S/c1-22(20,21)16-5-2-4-14(12-16)18-7-3-6-17(18)13-8-10-15(19)11-9-13/h2,4-5,8-12H,3,6-7H2,1H3. The van der Waals surface area contributed by atoms with Crippen molar-refractivity contribution in [1.29, 1.82) is 0 Å². The van der Waals surface area contributed by atoms with Crippen molar-refractivity contribution >= 4 is 21.0 Å². The fourth-order valence-electron chi connectivity index (χ4n) is 2.95. The van der Waals surface area contributed by atoms with Gasteiger partial charge in [-0.1, -0.05) is 24.3 Å². The first kappa shape index (κ1) is 15.0. The van der Waals surface area contributed by atoms with Crippen molar-refractivity contribution in [3.05, 3.63) is 65.5 Å². The first-order valence-corrected chi connectivity index (χ1v) is 9.13. The first-order chi connectivity index (χ1) is 10.4. The number of rotatable bonds is 3. The van der Waals surface area contributed by atoms with Crippen LogP contribution >= 0.6 is 0 Å². The van der Waals surface area contributed by atoms with Gasteiger partial charge in [0.25, 0.3) is 0 Å². The van der Waals surface area contributed by atoms with Crippen LogP contribution in [0.3, 0.4) is 0 Å². The molecule has 0 N–H and O–H groups in total. The molecule has 0 heterocycles. The molecule has 1 aliphatic carbocycles. The lowest BCUT2D eigenvalue weighted by Crippen LogP contribution is -1.98. The molecule has 0 atom stereocenters. The first-order valence-electron chi connectivity index (χ1n) is 7.23. The molecule has 0 unspecified atom stereocenters. The zero-order chi connectivity index (χ0) is 15.7. The van der Waals surface area contributed by atoms with Crippen LogP contribution in [0.4, 0.5) is 4.39 Å². The second kappa shape index (κ2) is 5.69. The summed E-state index contributed by atoms with van der Waals surface area (Å²) in [6.45, 7) is 0. The van der Waals surface area contributed by atoms with Gasteiger partial charge in [-0.3, -0.25) is 0 Å². The third-order valence-corrected chi connectivity index (χ3v) is 5.13. The van der Waals surface area contributed by atoms with E-state index in [-0.39, 0.29) is 5.82 Å². The van der Waals surface area contributed by atoms with Crippen molar-refractivity contribution in [3.8, 4) is 0 Å². The van der Waals surface area contributed by atoms with Crippen LogP contribution in [0.2, 0.25) is 0 Å². The van der Waals surface area contributed by atoms with Crippen LogP contribution in [0.25, 0.3) is 11.1 Å². The lowest BCUT2D eigenvalue weighted by atomic mass is 9.97. The summed E-state index contributed by atoms with van der Waals surface area (Å²) in [7, 11) is -3.21. The Bertz CT molecular complexity index is 834. The van der Waals surface area contributed by atoms with E-state index in [2.05, 4.69) is 0 Å². The lowest BCUT2D eigenvalue weighted by Gasteiger charge is -2.10. The minimum atomic E-state index is -3.21. The van der Waals surface area contributed by atoms with Gasteiger partial charge in [-0.2, -0.15) is 0 Å². The summed E-state index contributed by atoms with van der Waals surface area (Å²) >= 11 is 0. The highest BCUT2D eigenvalue weighted by Crippen LogP contribution is 2.40. The average molecular weight is 316 g/mol. The summed E-state index contributed by atoms with van der Waals surface area (Å²) in [6.07, 6.45) is 4.10. The van der Waals surface area contributed by atoms with Crippen molar-refractivity contribution in [1.82, 2.24) is 0 Å². The molecule has 0 spiro atoms. The van der Waals surface area contributed by atoms with E-state index in [0.717, 1.165) is 36.0 Å². The Morgan fingerprint density at radius 1 is 0.909 bits per heavy atom. The minimum absolute atomic E-state index is 0.247. The Kier molecular flexibility index (Phi) is 3.87. The van der Waals surface area contributed by atoms with Gasteiger partial charge < -0.3 is 0 Å². The quantitative estimate of drug-likeness (QED) is 0.845. The SMILES string of the molecule is CS(=O)(=O)c1cccc(C2=C(c3ccc(F)cc3)CCC2)c1. The Morgan fingerprint density at radius 2 is 1.55 bits per heavy atom. The summed E-state index contributed by atoms with van der Waals surface area (Å²) in [5.41, 5.74) is 4.31. The molecule has 0 radical (unpaired) electrons. The van der Waals surface area contributed by atoms with E-state index < -0.39 is 9.84 Å². The van der Waals surface area contributed by atoms with E-state index >= 15 is 0 Å². The van der Waals surface area contributed by atoms with Gasteiger partial charge >= 0.3 is 0 Å². The third-order valence-electron chi connectivity index (χ3n) is 4.02. The van der Waals surface area contributed by atoms with Crippen LogP contribution in [0.1, 0.15) is 30.4 Å². The molecule has 22 heavy (non-hydrogen) atoms. The predicted octanol–water partition coefficient (Wildman–Crippen LogP) is 4.32. The van der Waals surface area contributed by atoms with Crippen molar-refractivity contribution in [2.45, 2.75) is 24.2 Å². The molecule has 0 fully saturated rings. The number of sulfone groups is 1. The number of hydrogen-bond acceptors (Lipinski definition) is 2. The molecule has 0 aliphatic heterocycles. The molecule has 0 amide bonds. The van der Waals surface area contributed by atoms with Crippen LogP contribution in [0, 0.1) is 5.82 Å². The van der Waals surface area contributed by atoms with E-state index in [9.17, 15) is 12.8 Å². The average Bonchev–Trinajstić information content (AvgIpc) is 2.97. The third kappa shape index (κ3) is 2.97. The topological polar surface area (TPSA) is 34.1 Å². The van der Waals surface area contributed by atoms with Crippen molar-refractivity contribution < 1.29 is 12.8 Å². The molecule has 0 saturated heterocycles. The van der Waals surface area contributed by atoms with Gasteiger partial charge in [-0.05, 0) is 65.8 Å². The van der Waals surface area contributed by atoms with Crippen LogP contribution in [-0.4, -0.2) is 14.7 Å². The van der Waals surface area contributed by atoms with E-state index in [1.54, 1.807) is 30.3 Å². The molecule has 3 rings (SSSR count). The molecular formula is C18H17FO2S. The van der Waals surface area contributed by atoms with E-state index in [1.807, 2.05) is 6.07 Å². The van der Waals surface area contributed by atoms with Crippen LogP contribution in [-0.2, 0) is 9.84 Å². The van der Waals surface area contributed by atoms with Crippen LogP contribution in [0.5, 0.6) is 0 Å². The van der Waals surface area contributed by atoms with Gasteiger partial charge in [0.2, 0.25) is 0 Å². The second-order valence-corrected chi connectivity index (χ2v) is 7.63. The highest BCUT2D eigenvalue weighted by atomic mass is 32.2. The van der Waals surface area contributed by atoms with Gasteiger partial charge in [0.15, 0.2) is 9.84 Å². The maximum absolute atomic E-state index is 13.1. The zero-order valence-electron chi connectivity index (χ0n) is 12.3. The summed E-state index contributed by atoms with van der Waals surface area (Å²) in [4.78, 5) is 0.336. The highest BCUT2D eigenvalue weighted by Gasteiger charge is 2.19. The Morgan fingerprint density at radius 3 is 2.18 bits per heavy atom. The fraction of sp³-hybridized carbons (Fsp3) is 0.222. The number of allylic oxidation sites excluding steroid dienone is 2. The number of halogens is 1. The Labute approximate surface area is 130 Å². The Balaban J connectivity index is 2.09. The summed E-state index contributed by atoms with van der Waals surface area (Å²) in [6, 6.07) is 13.6. The van der Waals surface area contributed by atoms with Gasteiger partial charge in [-0.15, -0.1) is 0 Å². The molecule has 1 aliphatic rings. The molecule has 4 heteroatoms. The minimum Gasteiger partial charge on any atom is -0.224 e. The van der Waals surface area contributed by atoms with Crippen molar-refractivity contribution in [2.24, 2.45) is 0 Å². The smallest absolute Gasteiger partial charge is 0.175 e. The highest BCUT2D eigenvalue weighted by molar-refractivity contribution is 7.90. The summed E-state index contributed by atoms with van der Waals surface area (Å²) in [5.74, 6) is -0.247. The van der Waals surface area contributed by atoms with E-state index in [4.69, 9.17) is 0 Å². The largest absolute Gasteiger partial charge is 0.224 e. The van der Waals surface area contributed by atoms with Crippen molar-refractivity contribution in [3.63, 3.8) is 0 Å². The maximum Gasteiger partial charge on any atom is 0.175 e. The van der Waals surface area contributed by atoms with Crippen molar-refractivity contribution in [2.75, 3.05) is 6.26 Å². The second-order valence-electron chi connectivity index (χ2n) is 5.62. The zero-order valence-corrected chi connectivity index (χ0v) is 13.2. The normalized spacial score (nSPS) is 15.4. The number of hydrogen-bond donors (Lipinski definition) is 0. The van der Waals surface area contributed by atoms with Crippen LogP contribution < -0.4 is 0 Å². The monoisotopic (exact) mass is 316 g/mol. The molecule has 0 saturated carbocycles. The van der Waals surface area contributed by atoms with Crippen LogP contribution in [0.15, 0.2) is 53.4 Å².